The molecular weight excluding hydrogens is 416 g/mol. The average Bonchev–Trinajstić information content (AvgIpc) is 3.13. The predicted molar refractivity (Wildman–Crippen MR) is 115 cm³/mol. The normalized spacial score (nSPS) is 24.8. The van der Waals surface area contributed by atoms with Crippen LogP contribution in [0.25, 0.3) is 0 Å². The second-order valence-corrected chi connectivity index (χ2v) is 7.79. The summed E-state index contributed by atoms with van der Waals surface area (Å²) in [5.74, 6) is -3.96. The van der Waals surface area contributed by atoms with E-state index in [0.717, 1.165) is 6.08 Å². The highest BCUT2D eigenvalue weighted by atomic mass is 16.6. The number of carbonyl (C=O) groups is 4. The van der Waals surface area contributed by atoms with E-state index >= 15 is 0 Å². The van der Waals surface area contributed by atoms with E-state index in [0.29, 0.717) is 18.6 Å². The molecule has 0 radical (unpaired) electrons. The number of allylic oxidation sites excluding steroid dienone is 6. The molecule has 0 aliphatic carbocycles. The van der Waals surface area contributed by atoms with Gasteiger partial charge in [-0.3, -0.25) is 9.59 Å². The van der Waals surface area contributed by atoms with Crippen LogP contribution in [0.2, 0.25) is 0 Å². The summed E-state index contributed by atoms with van der Waals surface area (Å²) in [7, 11) is 0. The summed E-state index contributed by atoms with van der Waals surface area (Å²) >= 11 is 0. The van der Waals surface area contributed by atoms with Crippen molar-refractivity contribution in [1.29, 1.82) is 0 Å². The number of aliphatic hydroxyl groups is 1. The van der Waals surface area contributed by atoms with Crippen molar-refractivity contribution in [1.82, 2.24) is 0 Å². The second kappa shape index (κ2) is 10.3. The average molecular weight is 444 g/mol. The summed E-state index contributed by atoms with van der Waals surface area (Å²) < 4.78 is 11.3. The molecule has 0 fully saturated rings. The molecule has 0 spiro atoms. The van der Waals surface area contributed by atoms with E-state index in [-0.39, 0.29) is 29.1 Å². The molecule has 3 unspecified atom stereocenters. The van der Waals surface area contributed by atoms with E-state index in [1.54, 1.807) is 25.2 Å². The Balaban J connectivity index is 2.49. The summed E-state index contributed by atoms with van der Waals surface area (Å²) in [5, 5.41) is 19.6. The monoisotopic (exact) mass is 444 g/mol. The lowest BCUT2D eigenvalue weighted by molar-refractivity contribution is -0.159. The van der Waals surface area contributed by atoms with E-state index < -0.39 is 35.3 Å². The smallest absolute Gasteiger partial charge is 0.338 e. The van der Waals surface area contributed by atoms with Crippen molar-refractivity contribution in [3.63, 3.8) is 0 Å². The van der Waals surface area contributed by atoms with Gasteiger partial charge in [0.25, 0.3) is 0 Å². The molecule has 0 aromatic rings. The van der Waals surface area contributed by atoms with Gasteiger partial charge in [-0.1, -0.05) is 25.2 Å². The third kappa shape index (κ3) is 5.07. The van der Waals surface area contributed by atoms with Crippen LogP contribution in [0.5, 0.6) is 0 Å². The van der Waals surface area contributed by atoms with E-state index in [1.165, 1.54) is 26.0 Å². The number of rotatable bonds is 10. The SMILES string of the molecule is C/C=C/C=C/C(=O)CC(C1OC(CCC)=C(/C=C/C(=O)O)C1=O)C1(C)OC(=O)C(C)=C1O. The maximum absolute atomic E-state index is 13.2. The molecule has 2 aliphatic heterocycles. The molecule has 0 amide bonds. The first-order chi connectivity index (χ1) is 15.1. The number of esters is 1. The Bertz CT molecular complexity index is 962. The number of cyclic esters (lactones) is 1. The highest BCUT2D eigenvalue weighted by Crippen LogP contribution is 2.44. The van der Waals surface area contributed by atoms with Crippen LogP contribution in [0.1, 0.15) is 47.0 Å². The quantitative estimate of drug-likeness (QED) is 0.298. The Labute approximate surface area is 186 Å². The number of carbonyl (C=O) groups excluding carboxylic acids is 3. The van der Waals surface area contributed by atoms with Crippen LogP contribution in [-0.4, -0.2) is 45.4 Å². The van der Waals surface area contributed by atoms with Gasteiger partial charge in [0, 0.05) is 18.9 Å². The van der Waals surface area contributed by atoms with Crippen molar-refractivity contribution in [3.8, 4) is 0 Å². The van der Waals surface area contributed by atoms with E-state index in [4.69, 9.17) is 14.6 Å². The lowest BCUT2D eigenvalue weighted by atomic mass is 9.77. The summed E-state index contributed by atoms with van der Waals surface area (Å²) in [6.45, 7) is 6.50. The largest absolute Gasteiger partial charge is 0.507 e. The van der Waals surface area contributed by atoms with Crippen LogP contribution in [0.4, 0.5) is 0 Å². The van der Waals surface area contributed by atoms with Crippen molar-refractivity contribution in [2.45, 2.75) is 58.7 Å². The van der Waals surface area contributed by atoms with Crippen LogP contribution in [0.3, 0.4) is 0 Å². The lowest BCUT2D eigenvalue weighted by Crippen LogP contribution is -2.47. The lowest BCUT2D eigenvalue weighted by Gasteiger charge is -2.35. The first kappa shape index (κ1) is 24.8. The molecule has 172 valence electrons. The van der Waals surface area contributed by atoms with Gasteiger partial charge < -0.3 is 19.7 Å². The molecule has 2 rings (SSSR count). The molecule has 0 aromatic heterocycles. The Kier molecular flexibility index (Phi) is 7.97. The summed E-state index contributed by atoms with van der Waals surface area (Å²) in [6.07, 6.45) is 7.80. The Morgan fingerprint density at radius 2 is 1.91 bits per heavy atom. The molecule has 2 aliphatic rings. The van der Waals surface area contributed by atoms with Crippen LogP contribution in [0.15, 0.2) is 59.1 Å². The Morgan fingerprint density at radius 1 is 1.22 bits per heavy atom. The third-order valence-corrected chi connectivity index (χ3v) is 5.48. The summed E-state index contributed by atoms with van der Waals surface area (Å²) in [6, 6.07) is 0. The molecule has 2 heterocycles. The maximum atomic E-state index is 13.2. The number of hydrogen-bond donors (Lipinski definition) is 2. The minimum Gasteiger partial charge on any atom is -0.507 e. The van der Waals surface area contributed by atoms with Gasteiger partial charge in [-0.15, -0.1) is 0 Å². The predicted octanol–water partition coefficient (Wildman–Crippen LogP) is 3.50. The van der Waals surface area contributed by atoms with Gasteiger partial charge in [0.05, 0.1) is 17.1 Å². The fraction of sp³-hybridized carbons (Fsp3) is 0.417. The van der Waals surface area contributed by atoms with Gasteiger partial charge in [0.1, 0.15) is 11.5 Å². The van der Waals surface area contributed by atoms with Gasteiger partial charge in [0.2, 0.25) is 5.78 Å². The fourth-order valence-electron chi connectivity index (χ4n) is 3.76. The number of carboxylic acids is 1. The molecule has 0 saturated heterocycles. The van der Waals surface area contributed by atoms with Gasteiger partial charge in [-0.05, 0) is 39.3 Å². The molecule has 8 nitrogen and oxygen atoms in total. The number of ketones is 2. The highest BCUT2D eigenvalue weighted by Gasteiger charge is 2.56. The molecular formula is C24H28O8. The van der Waals surface area contributed by atoms with Crippen LogP contribution < -0.4 is 0 Å². The van der Waals surface area contributed by atoms with Crippen molar-refractivity contribution in [2.75, 3.05) is 0 Å². The molecule has 0 bridgehead atoms. The van der Waals surface area contributed by atoms with Crippen molar-refractivity contribution in [2.24, 2.45) is 5.92 Å². The first-order valence-corrected chi connectivity index (χ1v) is 10.4. The molecule has 32 heavy (non-hydrogen) atoms. The van der Waals surface area contributed by atoms with Crippen molar-refractivity contribution < 1.29 is 38.9 Å². The van der Waals surface area contributed by atoms with Crippen LogP contribution in [0, 0.1) is 5.92 Å². The van der Waals surface area contributed by atoms with Crippen LogP contribution >= 0.6 is 0 Å². The fourth-order valence-corrected chi connectivity index (χ4v) is 3.76. The van der Waals surface area contributed by atoms with Gasteiger partial charge in [0.15, 0.2) is 17.5 Å². The molecule has 2 N–H and O–H groups in total. The summed E-state index contributed by atoms with van der Waals surface area (Å²) in [4.78, 5) is 49.0. The number of carboxylic acid groups (broad SMARTS) is 1. The van der Waals surface area contributed by atoms with Gasteiger partial charge >= 0.3 is 11.9 Å². The van der Waals surface area contributed by atoms with Gasteiger partial charge in [-0.25, -0.2) is 9.59 Å². The van der Waals surface area contributed by atoms with E-state index in [1.807, 2.05) is 6.92 Å². The molecule has 0 saturated carbocycles. The van der Waals surface area contributed by atoms with Crippen LogP contribution in [-0.2, 0) is 28.7 Å². The Morgan fingerprint density at radius 3 is 2.44 bits per heavy atom. The second-order valence-electron chi connectivity index (χ2n) is 7.79. The van der Waals surface area contributed by atoms with E-state index in [2.05, 4.69) is 0 Å². The highest BCUT2D eigenvalue weighted by molar-refractivity contribution is 6.05. The minimum absolute atomic E-state index is 0.00686. The number of aliphatic carboxylic acids is 1. The molecule has 8 heteroatoms. The van der Waals surface area contributed by atoms with Crippen molar-refractivity contribution >= 4 is 23.5 Å². The zero-order chi connectivity index (χ0) is 24.1. The number of aliphatic hydroxyl groups excluding tert-OH is 1. The molecule has 3 atom stereocenters. The third-order valence-electron chi connectivity index (χ3n) is 5.48. The number of hydrogen-bond acceptors (Lipinski definition) is 7. The Hall–Kier alpha value is -3.42. The first-order valence-electron chi connectivity index (χ1n) is 10.4. The van der Waals surface area contributed by atoms with E-state index in [9.17, 15) is 24.3 Å². The maximum Gasteiger partial charge on any atom is 0.338 e. The zero-order valence-electron chi connectivity index (χ0n) is 18.6. The van der Waals surface area contributed by atoms with Gasteiger partial charge in [-0.2, -0.15) is 0 Å². The summed E-state index contributed by atoms with van der Waals surface area (Å²) in [5.41, 5.74) is -1.57. The van der Waals surface area contributed by atoms with Crippen molar-refractivity contribution in [3.05, 3.63) is 59.1 Å². The standard InChI is InChI=1S/C24H28O8/c1-5-7-8-10-15(25)13-17(24(4)22(29)14(3)23(30)32-24)21-20(28)16(11-12-19(26)27)18(31-21)9-6-2/h5,7-8,10-12,17,21,29H,6,9,13H2,1-4H3,(H,26,27)/b7-5+,10-8+,12-11+. The topological polar surface area (TPSA) is 127 Å². The zero-order valence-corrected chi connectivity index (χ0v) is 18.6. The number of Topliss-reactive ketones (excluding diaryl/α,β-unsaturated/α-hetero) is 1. The minimum atomic E-state index is -1.66. The molecule has 0 aromatic carbocycles. The number of ether oxygens (including phenoxy) is 2.